The standard InChI is InChI=1S/C13H15FN2O5/c14-9-4-2-1-3-8(9)5-6-15-13(21)16-10(12(19)20)7-11(17)18/h1-4,10H,5-7H2,(H,17,18)(H,19,20)(H2,15,16,21)/t10-/m1/s1. The van der Waals surface area contributed by atoms with E-state index in [1.807, 2.05) is 5.32 Å². The number of benzene rings is 1. The monoisotopic (exact) mass is 298 g/mol. The highest BCUT2D eigenvalue weighted by atomic mass is 19.1. The highest BCUT2D eigenvalue weighted by molar-refractivity contribution is 5.86. The van der Waals surface area contributed by atoms with Gasteiger partial charge in [-0.25, -0.2) is 14.0 Å². The quantitative estimate of drug-likeness (QED) is 0.588. The Labute approximate surface area is 119 Å². The van der Waals surface area contributed by atoms with Crippen molar-refractivity contribution in [2.75, 3.05) is 6.54 Å². The zero-order chi connectivity index (χ0) is 15.8. The number of carbonyl (C=O) groups excluding carboxylic acids is 1. The van der Waals surface area contributed by atoms with Crippen LogP contribution in [0.5, 0.6) is 0 Å². The number of hydrogen-bond donors (Lipinski definition) is 4. The summed E-state index contributed by atoms with van der Waals surface area (Å²) in [4.78, 5) is 32.7. The van der Waals surface area contributed by atoms with Gasteiger partial charge in [-0.3, -0.25) is 4.79 Å². The fraction of sp³-hybridized carbons (Fsp3) is 0.308. The maximum atomic E-state index is 13.3. The number of nitrogens with one attached hydrogen (secondary N) is 2. The lowest BCUT2D eigenvalue weighted by molar-refractivity contribution is -0.145. The van der Waals surface area contributed by atoms with Crippen LogP contribution in [0.25, 0.3) is 0 Å². The van der Waals surface area contributed by atoms with E-state index in [2.05, 4.69) is 5.32 Å². The summed E-state index contributed by atoms with van der Waals surface area (Å²) in [5.41, 5.74) is 0.415. The molecule has 1 aromatic carbocycles. The zero-order valence-corrected chi connectivity index (χ0v) is 11.0. The zero-order valence-electron chi connectivity index (χ0n) is 11.0. The summed E-state index contributed by atoms with van der Waals surface area (Å²) in [7, 11) is 0. The largest absolute Gasteiger partial charge is 0.481 e. The Morgan fingerprint density at radius 2 is 1.86 bits per heavy atom. The van der Waals surface area contributed by atoms with Crippen molar-refractivity contribution in [1.29, 1.82) is 0 Å². The second-order valence-corrected chi connectivity index (χ2v) is 4.23. The van der Waals surface area contributed by atoms with Crippen molar-refractivity contribution in [1.82, 2.24) is 10.6 Å². The van der Waals surface area contributed by atoms with Crippen LogP contribution in [-0.2, 0) is 16.0 Å². The highest BCUT2D eigenvalue weighted by Gasteiger charge is 2.22. The third kappa shape index (κ3) is 5.89. The molecule has 1 atom stereocenters. The topological polar surface area (TPSA) is 116 Å². The third-order valence-electron chi connectivity index (χ3n) is 2.62. The van der Waals surface area contributed by atoms with Crippen molar-refractivity contribution in [2.45, 2.75) is 18.9 Å². The molecule has 0 aliphatic heterocycles. The second kappa shape index (κ2) is 7.83. The molecule has 0 bridgehead atoms. The average Bonchev–Trinajstić information content (AvgIpc) is 2.39. The third-order valence-corrected chi connectivity index (χ3v) is 2.62. The van der Waals surface area contributed by atoms with Gasteiger partial charge in [0.25, 0.3) is 0 Å². The molecule has 0 spiro atoms. The molecule has 2 amide bonds. The Balaban J connectivity index is 2.41. The number of rotatable bonds is 7. The summed E-state index contributed by atoms with van der Waals surface area (Å²) in [6, 6.07) is 3.73. The highest BCUT2D eigenvalue weighted by Crippen LogP contribution is 2.06. The second-order valence-electron chi connectivity index (χ2n) is 4.23. The number of carboxylic acids is 2. The minimum absolute atomic E-state index is 0.0895. The average molecular weight is 298 g/mol. The molecular formula is C13H15FN2O5. The number of aliphatic carboxylic acids is 2. The van der Waals surface area contributed by atoms with Gasteiger partial charge in [-0.1, -0.05) is 18.2 Å². The fourth-order valence-electron chi connectivity index (χ4n) is 1.60. The van der Waals surface area contributed by atoms with Gasteiger partial charge in [-0.05, 0) is 18.1 Å². The first-order chi connectivity index (χ1) is 9.90. The minimum atomic E-state index is -1.52. The van der Waals surface area contributed by atoms with Gasteiger partial charge in [0.15, 0.2) is 0 Å². The van der Waals surface area contributed by atoms with E-state index in [0.717, 1.165) is 0 Å². The van der Waals surface area contributed by atoms with Crippen molar-refractivity contribution < 1.29 is 29.0 Å². The Morgan fingerprint density at radius 1 is 1.19 bits per heavy atom. The molecule has 8 heteroatoms. The number of urea groups is 1. The number of amides is 2. The first kappa shape index (κ1) is 16.4. The number of carbonyl (C=O) groups is 3. The molecule has 0 aromatic heterocycles. The van der Waals surface area contributed by atoms with Crippen LogP contribution in [0.2, 0.25) is 0 Å². The molecule has 0 fully saturated rings. The Hall–Kier alpha value is -2.64. The molecule has 0 saturated heterocycles. The van der Waals surface area contributed by atoms with Crippen LogP contribution >= 0.6 is 0 Å². The predicted octanol–water partition coefficient (Wildman–Crippen LogP) is 0.595. The number of halogens is 1. The van der Waals surface area contributed by atoms with Crippen LogP contribution in [0.3, 0.4) is 0 Å². The predicted molar refractivity (Wildman–Crippen MR) is 70.3 cm³/mol. The molecule has 4 N–H and O–H groups in total. The van der Waals surface area contributed by atoms with Crippen LogP contribution in [0, 0.1) is 5.82 Å². The summed E-state index contributed by atoms with van der Waals surface area (Å²) < 4.78 is 13.3. The summed E-state index contributed by atoms with van der Waals surface area (Å²) in [6.07, 6.45) is -0.493. The van der Waals surface area contributed by atoms with Gasteiger partial charge in [0.2, 0.25) is 0 Å². The maximum Gasteiger partial charge on any atom is 0.326 e. The van der Waals surface area contributed by atoms with E-state index in [0.29, 0.717) is 5.56 Å². The van der Waals surface area contributed by atoms with E-state index in [1.165, 1.54) is 6.07 Å². The van der Waals surface area contributed by atoms with Gasteiger partial charge in [0, 0.05) is 6.54 Å². The maximum absolute atomic E-state index is 13.3. The van der Waals surface area contributed by atoms with Crippen LogP contribution in [-0.4, -0.2) is 40.8 Å². The number of carboxylic acid groups (broad SMARTS) is 2. The molecule has 0 unspecified atom stereocenters. The molecule has 1 rings (SSSR count). The summed E-state index contributed by atoms with van der Waals surface area (Å²) >= 11 is 0. The van der Waals surface area contributed by atoms with E-state index >= 15 is 0 Å². The van der Waals surface area contributed by atoms with E-state index in [9.17, 15) is 18.8 Å². The van der Waals surface area contributed by atoms with Gasteiger partial charge in [0.1, 0.15) is 11.9 Å². The lowest BCUT2D eigenvalue weighted by atomic mass is 10.1. The van der Waals surface area contributed by atoms with Crippen molar-refractivity contribution in [2.24, 2.45) is 0 Å². The van der Waals surface area contributed by atoms with E-state index in [-0.39, 0.29) is 13.0 Å². The summed E-state index contributed by atoms with van der Waals surface area (Å²) in [5, 5.41) is 21.6. The first-order valence-electron chi connectivity index (χ1n) is 6.12. The molecule has 0 heterocycles. The molecule has 0 radical (unpaired) electrons. The SMILES string of the molecule is O=C(O)C[C@@H](NC(=O)NCCc1ccccc1F)C(=O)O. The van der Waals surface area contributed by atoms with Crippen molar-refractivity contribution >= 4 is 18.0 Å². The Morgan fingerprint density at radius 3 is 2.43 bits per heavy atom. The van der Waals surface area contributed by atoms with Gasteiger partial charge >= 0.3 is 18.0 Å². The van der Waals surface area contributed by atoms with Gasteiger partial charge in [-0.15, -0.1) is 0 Å². The minimum Gasteiger partial charge on any atom is -0.481 e. The van der Waals surface area contributed by atoms with E-state index < -0.39 is 36.2 Å². The van der Waals surface area contributed by atoms with Crippen LogP contribution < -0.4 is 10.6 Å². The van der Waals surface area contributed by atoms with Crippen LogP contribution in [0.15, 0.2) is 24.3 Å². The summed E-state index contributed by atoms with van der Waals surface area (Å²) in [6.45, 7) is 0.0895. The van der Waals surface area contributed by atoms with Gasteiger partial charge in [-0.2, -0.15) is 0 Å². The van der Waals surface area contributed by atoms with Crippen LogP contribution in [0.1, 0.15) is 12.0 Å². The van der Waals surface area contributed by atoms with E-state index in [4.69, 9.17) is 10.2 Å². The number of hydrogen-bond acceptors (Lipinski definition) is 3. The van der Waals surface area contributed by atoms with E-state index in [1.54, 1.807) is 18.2 Å². The van der Waals surface area contributed by atoms with Crippen molar-refractivity contribution in [3.63, 3.8) is 0 Å². The molecule has 21 heavy (non-hydrogen) atoms. The molecule has 1 aromatic rings. The molecule has 7 nitrogen and oxygen atoms in total. The lowest BCUT2D eigenvalue weighted by Crippen LogP contribution is -2.47. The first-order valence-corrected chi connectivity index (χ1v) is 6.12. The molecule has 0 aliphatic rings. The molecule has 0 saturated carbocycles. The van der Waals surface area contributed by atoms with Gasteiger partial charge in [0.05, 0.1) is 6.42 Å². The summed E-state index contributed by atoms with van der Waals surface area (Å²) in [5.74, 6) is -3.18. The molecule has 0 aliphatic carbocycles. The van der Waals surface area contributed by atoms with Crippen LogP contribution in [0.4, 0.5) is 9.18 Å². The van der Waals surface area contributed by atoms with Crippen molar-refractivity contribution in [3.8, 4) is 0 Å². The Bertz CT molecular complexity index is 535. The van der Waals surface area contributed by atoms with Gasteiger partial charge < -0.3 is 20.8 Å². The Kier molecular flexibility index (Phi) is 6.12. The fourth-order valence-corrected chi connectivity index (χ4v) is 1.60. The molecule has 114 valence electrons. The smallest absolute Gasteiger partial charge is 0.326 e. The molecular weight excluding hydrogens is 283 g/mol. The normalized spacial score (nSPS) is 11.5. The van der Waals surface area contributed by atoms with Crippen molar-refractivity contribution in [3.05, 3.63) is 35.6 Å². The lowest BCUT2D eigenvalue weighted by Gasteiger charge is -2.13.